The number of aryl methyl sites for hydroxylation is 2. The molecule has 2 aromatic carbocycles. The SMILES string of the molecule is Cc1nc2cc(C(=O)NC(c3ccccc3)C3CC3C)ccc2n1C. The summed E-state index contributed by atoms with van der Waals surface area (Å²) in [5.41, 5.74) is 3.76. The molecule has 1 N–H and O–H groups in total. The zero-order valence-corrected chi connectivity index (χ0v) is 14.9. The van der Waals surface area contributed by atoms with Gasteiger partial charge in [-0.05, 0) is 48.9 Å². The summed E-state index contributed by atoms with van der Waals surface area (Å²) in [5.74, 6) is 2.10. The molecule has 0 radical (unpaired) electrons. The lowest BCUT2D eigenvalue weighted by atomic mass is 10.0. The number of nitrogens with zero attached hydrogens (tertiary/aromatic N) is 2. The van der Waals surface area contributed by atoms with Crippen molar-refractivity contribution >= 4 is 16.9 Å². The molecule has 0 aliphatic heterocycles. The lowest BCUT2D eigenvalue weighted by molar-refractivity contribution is 0.0931. The minimum Gasteiger partial charge on any atom is -0.345 e. The topological polar surface area (TPSA) is 46.9 Å². The van der Waals surface area contributed by atoms with Gasteiger partial charge in [0, 0.05) is 12.6 Å². The van der Waals surface area contributed by atoms with Crippen molar-refractivity contribution in [3.8, 4) is 0 Å². The lowest BCUT2D eigenvalue weighted by Gasteiger charge is -2.19. The molecular weight excluding hydrogens is 310 g/mol. The molecule has 1 aliphatic rings. The fourth-order valence-electron chi connectivity index (χ4n) is 3.60. The number of imidazole rings is 1. The van der Waals surface area contributed by atoms with Crippen LogP contribution in [0.15, 0.2) is 48.5 Å². The molecule has 1 heterocycles. The summed E-state index contributed by atoms with van der Waals surface area (Å²) >= 11 is 0. The van der Waals surface area contributed by atoms with E-state index in [0.29, 0.717) is 17.4 Å². The third-order valence-corrected chi connectivity index (χ3v) is 5.41. The third-order valence-electron chi connectivity index (χ3n) is 5.41. The maximum atomic E-state index is 12.9. The van der Waals surface area contributed by atoms with Crippen LogP contribution in [0, 0.1) is 18.8 Å². The zero-order chi connectivity index (χ0) is 17.6. The van der Waals surface area contributed by atoms with E-state index in [1.807, 2.05) is 54.9 Å². The molecule has 25 heavy (non-hydrogen) atoms. The zero-order valence-electron chi connectivity index (χ0n) is 14.9. The van der Waals surface area contributed by atoms with E-state index in [0.717, 1.165) is 23.3 Å². The monoisotopic (exact) mass is 333 g/mol. The molecule has 1 aliphatic carbocycles. The number of hydrogen-bond acceptors (Lipinski definition) is 2. The van der Waals surface area contributed by atoms with Gasteiger partial charge in [-0.2, -0.15) is 0 Å². The van der Waals surface area contributed by atoms with E-state index < -0.39 is 0 Å². The number of carbonyl (C=O) groups excluding carboxylic acids is 1. The summed E-state index contributed by atoms with van der Waals surface area (Å²) in [6, 6.07) is 16.1. The van der Waals surface area contributed by atoms with Crippen molar-refractivity contribution in [2.75, 3.05) is 0 Å². The van der Waals surface area contributed by atoms with Crippen molar-refractivity contribution in [3.05, 3.63) is 65.5 Å². The van der Waals surface area contributed by atoms with Crippen molar-refractivity contribution in [3.63, 3.8) is 0 Å². The quantitative estimate of drug-likeness (QED) is 0.784. The minimum atomic E-state index is -0.0295. The molecule has 3 aromatic rings. The molecule has 0 saturated heterocycles. The Morgan fingerprint density at radius 1 is 1.24 bits per heavy atom. The Hall–Kier alpha value is -2.62. The normalized spacial score (nSPS) is 20.4. The number of rotatable bonds is 4. The molecule has 0 bridgehead atoms. The molecule has 3 unspecified atom stereocenters. The van der Waals surface area contributed by atoms with Crippen LogP contribution in [-0.4, -0.2) is 15.5 Å². The molecule has 4 rings (SSSR count). The van der Waals surface area contributed by atoms with Crippen molar-refractivity contribution in [1.29, 1.82) is 0 Å². The average molecular weight is 333 g/mol. The van der Waals surface area contributed by atoms with Crippen molar-refractivity contribution in [1.82, 2.24) is 14.9 Å². The highest BCUT2D eigenvalue weighted by Crippen LogP contribution is 2.47. The first-order valence-electron chi connectivity index (χ1n) is 8.83. The fourth-order valence-corrected chi connectivity index (χ4v) is 3.60. The smallest absolute Gasteiger partial charge is 0.251 e. The Morgan fingerprint density at radius 3 is 2.64 bits per heavy atom. The second kappa shape index (κ2) is 6.03. The molecule has 4 heteroatoms. The Bertz CT molecular complexity index is 929. The van der Waals surface area contributed by atoms with Gasteiger partial charge < -0.3 is 9.88 Å². The van der Waals surface area contributed by atoms with Crippen molar-refractivity contribution in [2.45, 2.75) is 26.3 Å². The van der Waals surface area contributed by atoms with E-state index in [2.05, 4.69) is 29.4 Å². The van der Waals surface area contributed by atoms with Gasteiger partial charge in [0.1, 0.15) is 5.82 Å². The first-order valence-corrected chi connectivity index (χ1v) is 8.83. The summed E-state index contributed by atoms with van der Waals surface area (Å²) in [6.07, 6.45) is 1.16. The van der Waals surface area contributed by atoms with Gasteiger partial charge in [0.25, 0.3) is 5.91 Å². The van der Waals surface area contributed by atoms with E-state index in [1.54, 1.807) is 0 Å². The number of nitrogens with one attached hydrogen (secondary N) is 1. The average Bonchev–Trinajstić information content (AvgIpc) is 3.28. The minimum absolute atomic E-state index is 0.0295. The van der Waals surface area contributed by atoms with Gasteiger partial charge >= 0.3 is 0 Å². The summed E-state index contributed by atoms with van der Waals surface area (Å²) in [5, 5.41) is 3.25. The number of benzene rings is 2. The Balaban J connectivity index is 1.61. The maximum absolute atomic E-state index is 12.9. The first kappa shape index (κ1) is 15.9. The van der Waals surface area contributed by atoms with E-state index in [1.165, 1.54) is 5.56 Å². The molecule has 3 atom stereocenters. The summed E-state index contributed by atoms with van der Waals surface area (Å²) in [4.78, 5) is 17.4. The molecule has 4 nitrogen and oxygen atoms in total. The van der Waals surface area contributed by atoms with Crippen LogP contribution in [0.3, 0.4) is 0 Å². The van der Waals surface area contributed by atoms with Crippen LogP contribution < -0.4 is 5.32 Å². The molecular formula is C21H23N3O. The van der Waals surface area contributed by atoms with Crippen LogP contribution in [0.5, 0.6) is 0 Å². The van der Waals surface area contributed by atoms with Gasteiger partial charge in [-0.15, -0.1) is 0 Å². The highest BCUT2D eigenvalue weighted by atomic mass is 16.1. The lowest BCUT2D eigenvalue weighted by Crippen LogP contribution is -2.30. The predicted octanol–water partition coefficient (Wildman–Crippen LogP) is 4.01. The van der Waals surface area contributed by atoms with Gasteiger partial charge in [-0.25, -0.2) is 4.98 Å². The number of hydrogen-bond donors (Lipinski definition) is 1. The van der Waals surface area contributed by atoms with Crippen LogP contribution in [0.1, 0.15) is 41.1 Å². The number of aromatic nitrogens is 2. The Kier molecular flexibility index (Phi) is 3.83. The summed E-state index contributed by atoms with van der Waals surface area (Å²) < 4.78 is 2.04. The summed E-state index contributed by atoms with van der Waals surface area (Å²) in [6.45, 7) is 4.22. The van der Waals surface area contributed by atoms with Gasteiger partial charge in [0.15, 0.2) is 0 Å². The maximum Gasteiger partial charge on any atom is 0.251 e. The van der Waals surface area contributed by atoms with Gasteiger partial charge in [0.05, 0.1) is 17.1 Å². The third kappa shape index (κ3) is 2.93. The highest BCUT2D eigenvalue weighted by molar-refractivity contribution is 5.97. The van der Waals surface area contributed by atoms with Crippen LogP contribution in [-0.2, 0) is 7.05 Å². The standard InChI is InChI=1S/C21H23N3O/c1-13-11-17(13)20(15-7-5-4-6-8-15)23-21(25)16-9-10-19-18(12-16)22-14(2)24(19)3/h4-10,12-13,17,20H,11H2,1-3H3,(H,23,25). The van der Waals surface area contributed by atoms with Crippen molar-refractivity contribution < 1.29 is 4.79 Å². The Labute approximate surface area is 147 Å². The number of amides is 1. The molecule has 1 fully saturated rings. The first-order chi connectivity index (χ1) is 12.0. The largest absolute Gasteiger partial charge is 0.345 e. The second-order valence-electron chi connectivity index (χ2n) is 7.16. The molecule has 1 aromatic heterocycles. The predicted molar refractivity (Wildman–Crippen MR) is 99.4 cm³/mol. The van der Waals surface area contributed by atoms with Crippen LogP contribution in [0.2, 0.25) is 0 Å². The summed E-state index contributed by atoms with van der Waals surface area (Å²) in [7, 11) is 1.99. The van der Waals surface area contributed by atoms with E-state index in [9.17, 15) is 4.79 Å². The second-order valence-corrected chi connectivity index (χ2v) is 7.16. The fraction of sp³-hybridized carbons (Fsp3) is 0.333. The van der Waals surface area contributed by atoms with E-state index in [-0.39, 0.29) is 11.9 Å². The molecule has 128 valence electrons. The van der Waals surface area contributed by atoms with Crippen LogP contribution in [0.4, 0.5) is 0 Å². The number of fused-ring (bicyclic) bond motifs is 1. The van der Waals surface area contributed by atoms with Gasteiger partial charge in [0.2, 0.25) is 0 Å². The van der Waals surface area contributed by atoms with Gasteiger partial charge in [-0.1, -0.05) is 37.3 Å². The highest BCUT2D eigenvalue weighted by Gasteiger charge is 2.41. The molecule has 1 amide bonds. The van der Waals surface area contributed by atoms with Gasteiger partial charge in [-0.3, -0.25) is 4.79 Å². The molecule has 1 saturated carbocycles. The van der Waals surface area contributed by atoms with Crippen molar-refractivity contribution in [2.24, 2.45) is 18.9 Å². The van der Waals surface area contributed by atoms with Crippen LogP contribution in [0.25, 0.3) is 11.0 Å². The Morgan fingerprint density at radius 2 is 1.96 bits per heavy atom. The number of carbonyl (C=O) groups is 1. The van der Waals surface area contributed by atoms with Crippen LogP contribution >= 0.6 is 0 Å². The van der Waals surface area contributed by atoms with E-state index >= 15 is 0 Å². The molecule has 0 spiro atoms. The van der Waals surface area contributed by atoms with E-state index in [4.69, 9.17) is 0 Å².